The summed E-state index contributed by atoms with van der Waals surface area (Å²) in [5.74, 6) is -0.183. The molecule has 5 rings (SSSR count). The van der Waals surface area contributed by atoms with Crippen molar-refractivity contribution in [2.75, 3.05) is 5.73 Å². The first-order valence-corrected chi connectivity index (χ1v) is 11.2. The zero-order valence-corrected chi connectivity index (χ0v) is 19.4. The molecular formula is C26H20ClFN6O. The molecule has 2 aromatic carbocycles. The Kier molecular flexibility index (Phi) is 5.88. The number of nitrogens with zero attached hydrogens (tertiary/aromatic N) is 4. The lowest BCUT2D eigenvalue weighted by atomic mass is 10.1. The summed E-state index contributed by atoms with van der Waals surface area (Å²) >= 11 is 5.76. The number of nitrogens with one attached hydrogen (secondary N) is 1. The number of hydrogen-bond acceptors (Lipinski definition) is 5. The van der Waals surface area contributed by atoms with Crippen LogP contribution in [-0.4, -0.2) is 25.4 Å². The highest BCUT2D eigenvalue weighted by molar-refractivity contribution is 6.30. The lowest BCUT2D eigenvalue weighted by molar-refractivity contribution is 0.0947. The van der Waals surface area contributed by atoms with E-state index >= 15 is 0 Å². The number of aryl methyl sites for hydroxylation is 1. The van der Waals surface area contributed by atoms with E-state index in [1.165, 1.54) is 12.1 Å². The van der Waals surface area contributed by atoms with E-state index in [4.69, 9.17) is 22.3 Å². The van der Waals surface area contributed by atoms with Crippen LogP contribution in [0.1, 0.15) is 21.5 Å². The fourth-order valence-corrected chi connectivity index (χ4v) is 3.97. The van der Waals surface area contributed by atoms with Crippen LogP contribution in [-0.2, 0) is 6.54 Å². The Bertz CT molecular complexity index is 1560. The molecule has 0 fully saturated rings. The van der Waals surface area contributed by atoms with Gasteiger partial charge in [-0.25, -0.2) is 19.3 Å². The number of amides is 1. The van der Waals surface area contributed by atoms with E-state index in [-0.39, 0.29) is 17.1 Å². The van der Waals surface area contributed by atoms with Gasteiger partial charge in [0.1, 0.15) is 17.2 Å². The van der Waals surface area contributed by atoms with Gasteiger partial charge in [-0.15, -0.1) is 0 Å². The average molecular weight is 487 g/mol. The number of halogens is 2. The Morgan fingerprint density at radius 1 is 1.11 bits per heavy atom. The standard InChI is InChI=1S/C26H20ClFN6O/c1-15-11-22-25(31-13-15)34(24(33-22)20-3-2-10-30-23(20)29)18-7-4-16(5-8-18)14-32-26(35)19-9-6-17(27)12-21(19)28/h2-13H,14H2,1H3,(H2,29,30)(H,32,35). The Hall–Kier alpha value is -4.30. The van der Waals surface area contributed by atoms with Crippen molar-refractivity contribution in [1.29, 1.82) is 0 Å². The Balaban J connectivity index is 1.45. The third-order valence-electron chi connectivity index (χ3n) is 5.54. The summed E-state index contributed by atoms with van der Waals surface area (Å²) < 4.78 is 15.9. The molecule has 0 spiro atoms. The number of fused-ring (bicyclic) bond motifs is 1. The molecule has 0 atom stereocenters. The molecule has 9 heteroatoms. The molecule has 35 heavy (non-hydrogen) atoms. The Morgan fingerprint density at radius 2 is 1.91 bits per heavy atom. The van der Waals surface area contributed by atoms with E-state index in [1.54, 1.807) is 12.4 Å². The minimum Gasteiger partial charge on any atom is -0.383 e. The number of hydrogen-bond donors (Lipinski definition) is 2. The van der Waals surface area contributed by atoms with Crippen molar-refractivity contribution in [3.05, 3.63) is 101 Å². The van der Waals surface area contributed by atoms with Crippen molar-refractivity contribution in [2.24, 2.45) is 0 Å². The molecule has 3 aromatic heterocycles. The fourth-order valence-electron chi connectivity index (χ4n) is 3.81. The second kappa shape index (κ2) is 9.15. The van der Waals surface area contributed by atoms with Crippen LogP contribution in [0.3, 0.4) is 0 Å². The maximum absolute atomic E-state index is 14.0. The Labute approximate surface area is 205 Å². The molecule has 5 aromatic rings. The zero-order valence-electron chi connectivity index (χ0n) is 18.7. The molecule has 0 bridgehead atoms. The fraction of sp³-hybridized carbons (Fsp3) is 0.0769. The highest BCUT2D eigenvalue weighted by atomic mass is 35.5. The van der Waals surface area contributed by atoms with Crippen LogP contribution in [0.25, 0.3) is 28.2 Å². The lowest BCUT2D eigenvalue weighted by Crippen LogP contribution is -2.23. The van der Waals surface area contributed by atoms with Crippen LogP contribution in [0.15, 0.2) is 73.1 Å². The molecule has 3 N–H and O–H groups in total. The zero-order chi connectivity index (χ0) is 24.5. The van der Waals surface area contributed by atoms with Crippen molar-refractivity contribution in [2.45, 2.75) is 13.5 Å². The maximum atomic E-state index is 14.0. The quantitative estimate of drug-likeness (QED) is 0.360. The average Bonchev–Trinajstić information content (AvgIpc) is 3.21. The first kappa shape index (κ1) is 22.5. The molecule has 7 nitrogen and oxygen atoms in total. The van der Waals surface area contributed by atoms with Crippen molar-refractivity contribution in [1.82, 2.24) is 24.8 Å². The highest BCUT2D eigenvalue weighted by Crippen LogP contribution is 2.30. The molecule has 0 saturated carbocycles. The molecule has 0 radical (unpaired) electrons. The van der Waals surface area contributed by atoms with Gasteiger partial charge in [0, 0.05) is 29.6 Å². The smallest absolute Gasteiger partial charge is 0.254 e. The summed E-state index contributed by atoms with van der Waals surface area (Å²) in [5, 5.41) is 2.97. The van der Waals surface area contributed by atoms with Gasteiger partial charge < -0.3 is 11.1 Å². The summed E-state index contributed by atoms with van der Waals surface area (Å²) in [7, 11) is 0. The van der Waals surface area contributed by atoms with Gasteiger partial charge in [0.05, 0.1) is 11.1 Å². The van der Waals surface area contributed by atoms with Gasteiger partial charge >= 0.3 is 0 Å². The molecule has 0 aliphatic heterocycles. The number of benzene rings is 2. The predicted molar refractivity (Wildman–Crippen MR) is 134 cm³/mol. The van der Waals surface area contributed by atoms with Crippen LogP contribution in [0.5, 0.6) is 0 Å². The number of carbonyl (C=O) groups is 1. The molecule has 3 heterocycles. The second-order valence-corrected chi connectivity index (χ2v) is 8.47. The van der Waals surface area contributed by atoms with Crippen LogP contribution in [0.4, 0.5) is 10.2 Å². The second-order valence-electron chi connectivity index (χ2n) is 8.04. The molecule has 0 aliphatic carbocycles. The van der Waals surface area contributed by atoms with Gasteiger partial charge in [0.15, 0.2) is 11.5 Å². The van der Waals surface area contributed by atoms with Gasteiger partial charge in [-0.2, -0.15) is 0 Å². The van der Waals surface area contributed by atoms with Crippen LogP contribution < -0.4 is 11.1 Å². The van der Waals surface area contributed by atoms with Gasteiger partial charge in [0.25, 0.3) is 5.91 Å². The molecule has 0 saturated heterocycles. The summed E-state index contributed by atoms with van der Waals surface area (Å²) in [4.78, 5) is 26.0. The van der Waals surface area contributed by atoms with Gasteiger partial charge in [-0.05, 0) is 66.6 Å². The maximum Gasteiger partial charge on any atom is 0.254 e. The van der Waals surface area contributed by atoms with Crippen LogP contribution >= 0.6 is 11.6 Å². The van der Waals surface area contributed by atoms with Crippen LogP contribution in [0, 0.1) is 12.7 Å². The van der Waals surface area contributed by atoms with Gasteiger partial charge in [0.2, 0.25) is 0 Å². The van der Waals surface area contributed by atoms with Crippen LogP contribution in [0.2, 0.25) is 5.02 Å². The third-order valence-corrected chi connectivity index (χ3v) is 5.77. The number of pyridine rings is 2. The van der Waals surface area contributed by atoms with E-state index in [1.807, 2.05) is 54.0 Å². The SMILES string of the molecule is Cc1cnc2c(c1)nc(-c1cccnc1N)n2-c1ccc(CNC(=O)c2ccc(Cl)cc2F)cc1. The summed E-state index contributed by atoms with van der Waals surface area (Å²) in [6, 6.07) is 17.2. The molecule has 0 unspecified atom stereocenters. The van der Waals surface area contributed by atoms with E-state index in [9.17, 15) is 9.18 Å². The minimum atomic E-state index is -0.665. The first-order valence-electron chi connectivity index (χ1n) is 10.8. The number of imidazole rings is 1. The van der Waals surface area contributed by atoms with Crippen molar-refractivity contribution >= 4 is 34.5 Å². The predicted octanol–water partition coefficient (Wildman–Crippen LogP) is 5.10. The summed E-state index contributed by atoms with van der Waals surface area (Å²) in [6.45, 7) is 2.19. The first-order chi connectivity index (χ1) is 16.9. The Morgan fingerprint density at radius 3 is 2.66 bits per heavy atom. The van der Waals surface area contributed by atoms with E-state index in [2.05, 4.69) is 15.3 Å². The highest BCUT2D eigenvalue weighted by Gasteiger charge is 2.18. The monoisotopic (exact) mass is 486 g/mol. The summed E-state index contributed by atoms with van der Waals surface area (Å²) in [5.41, 5.74) is 10.9. The number of aromatic nitrogens is 4. The van der Waals surface area contributed by atoms with E-state index in [0.29, 0.717) is 22.9 Å². The lowest BCUT2D eigenvalue weighted by Gasteiger charge is -2.11. The number of carbonyl (C=O) groups excluding carboxylic acids is 1. The van der Waals surface area contributed by atoms with Gasteiger partial charge in [-0.1, -0.05) is 23.7 Å². The normalized spacial score (nSPS) is 11.1. The van der Waals surface area contributed by atoms with E-state index < -0.39 is 11.7 Å². The number of anilines is 1. The van der Waals surface area contributed by atoms with Crippen molar-refractivity contribution < 1.29 is 9.18 Å². The van der Waals surface area contributed by atoms with Crippen molar-refractivity contribution in [3.8, 4) is 17.1 Å². The molecule has 0 aliphatic rings. The molecule has 1 amide bonds. The number of nitrogens with two attached hydrogens (primary N) is 1. The summed E-state index contributed by atoms with van der Waals surface area (Å²) in [6.07, 6.45) is 3.42. The number of rotatable bonds is 5. The number of nitrogen functional groups attached to an aromatic ring is 1. The van der Waals surface area contributed by atoms with E-state index in [0.717, 1.165) is 28.4 Å². The molecule has 174 valence electrons. The molecular weight excluding hydrogens is 467 g/mol. The minimum absolute atomic E-state index is 0.0593. The van der Waals surface area contributed by atoms with Gasteiger partial charge in [-0.3, -0.25) is 9.36 Å². The topological polar surface area (TPSA) is 98.7 Å². The third kappa shape index (κ3) is 4.43. The largest absolute Gasteiger partial charge is 0.383 e. The van der Waals surface area contributed by atoms with Crippen molar-refractivity contribution in [3.63, 3.8) is 0 Å².